The first-order valence-corrected chi connectivity index (χ1v) is 9.62. The van der Waals surface area contributed by atoms with Crippen molar-refractivity contribution in [2.24, 2.45) is 5.92 Å². The fraction of sp³-hybridized carbons (Fsp3) is 0.591. The first kappa shape index (κ1) is 14.0. The Morgan fingerprint density at radius 2 is 1.96 bits per heavy atom. The molecule has 5 rings (SSSR count). The van der Waals surface area contributed by atoms with Gasteiger partial charge in [0.25, 0.3) is 0 Å². The van der Waals surface area contributed by atoms with Gasteiger partial charge in [0, 0.05) is 17.4 Å². The van der Waals surface area contributed by atoms with Gasteiger partial charge in [0.1, 0.15) is 0 Å². The summed E-state index contributed by atoms with van der Waals surface area (Å²) in [4.78, 5) is 12.5. The van der Waals surface area contributed by atoms with E-state index in [9.17, 15) is 4.79 Å². The molecule has 2 unspecified atom stereocenters. The Morgan fingerprint density at radius 3 is 2.70 bits per heavy atom. The fourth-order valence-corrected chi connectivity index (χ4v) is 6.03. The van der Waals surface area contributed by atoms with Crippen LogP contribution in [0, 0.1) is 5.92 Å². The number of rotatable bonds is 1. The second-order valence-electron chi connectivity index (χ2n) is 8.40. The summed E-state index contributed by atoms with van der Waals surface area (Å²) < 4.78 is 0. The lowest BCUT2D eigenvalue weighted by atomic mass is 9.61. The third-order valence-corrected chi connectivity index (χ3v) is 7.28. The van der Waals surface area contributed by atoms with Crippen LogP contribution in [-0.2, 0) is 5.41 Å². The largest absolute Gasteiger partial charge is 0.294 e. The van der Waals surface area contributed by atoms with Crippen molar-refractivity contribution in [3.05, 3.63) is 46.5 Å². The molecule has 4 aliphatic carbocycles. The Bertz CT molecular complexity index is 692. The molecule has 120 valence electrons. The van der Waals surface area contributed by atoms with Gasteiger partial charge in [0.2, 0.25) is 0 Å². The van der Waals surface area contributed by atoms with Crippen LogP contribution in [0.5, 0.6) is 0 Å². The Hall–Kier alpha value is -1.37. The zero-order chi connectivity index (χ0) is 15.4. The Balaban J connectivity index is 1.60. The van der Waals surface area contributed by atoms with Gasteiger partial charge in [-0.2, -0.15) is 0 Å². The second-order valence-corrected chi connectivity index (χ2v) is 8.40. The number of hydrogen-bond acceptors (Lipinski definition) is 1. The van der Waals surface area contributed by atoms with Crippen molar-refractivity contribution in [2.75, 3.05) is 0 Å². The molecule has 0 N–H and O–H groups in total. The first-order valence-electron chi connectivity index (χ1n) is 9.62. The van der Waals surface area contributed by atoms with E-state index >= 15 is 0 Å². The van der Waals surface area contributed by atoms with Gasteiger partial charge in [0.05, 0.1) is 0 Å². The minimum Gasteiger partial charge on any atom is -0.294 e. The maximum atomic E-state index is 12.5. The van der Waals surface area contributed by atoms with Crippen molar-refractivity contribution in [1.82, 2.24) is 0 Å². The third kappa shape index (κ3) is 2.01. The molecule has 23 heavy (non-hydrogen) atoms. The lowest BCUT2D eigenvalue weighted by Gasteiger charge is -2.41. The lowest BCUT2D eigenvalue weighted by molar-refractivity contribution is 0.0939. The van der Waals surface area contributed by atoms with Crippen LogP contribution in [0.15, 0.2) is 29.8 Å². The zero-order valence-corrected chi connectivity index (χ0v) is 13.9. The summed E-state index contributed by atoms with van der Waals surface area (Å²) in [5.41, 5.74) is 5.99. The quantitative estimate of drug-likeness (QED) is 0.609. The molecule has 2 fully saturated rings. The first-order chi connectivity index (χ1) is 11.3. The van der Waals surface area contributed by atoms with Crippen LogP contribution in [0.4, 0.5) is 0 Å². The minimum absolute atomic E-state index is 0.304. The molecule has 4 aliphatic rings. The van der Waals surface area contributed by atoms with E-state index in [0.717, 1.165) is 30.2 Å². The van der Waals surface area contributed by atoms with Crippen LogP contribution in [-0.4, -0.2) is 5.78 Å². The van der Waals surface area contributed by atoms with Crippen LogP contribution in [0.1, 0.15) is 91.6 Å². The Labute approximate surface area is 139 Å². The average molecular weight is 306 g/mol. The summed E-state index contributed by atoms with van der Waals surface area (Å²) in [6.07, 6.45) is 14.9. The highest BCUT2D eigenvalue weighted by Gasteiger charge is 2.51. The van der Waals surface area contributed by atoms with Gasteiger partial charge in [-0.3, -0.25) is 4.79 Å². The Kier molecular flexibility index (Phi) is 3.08. The Morgan fingerprint density at radius 1 is 1.09 bits per heavy atom. The molecule has 1 spiro atoms. The summed E-state index contributed by atoms with van der Waals surface area (Å²) in [7, 11) is 0. The molecular formula is C22H26O. The van der Waals surface area contributed by atoms with E-state index in [1.54, 1.807) is 5.57 Å². The van der Waals surface area contributed by atoms with Gasteiger partial charge in [-0.15, -0.1) is 0 Å². The van der Waals surface area contributed by atoms with E-state index in [2.05, 4.69) is 24.3 Å². The molecule has 0 heterocycles. The maximum Gasteiger partial charge on any atom is 0.163 e. The molecule has 1 heteroatoms. The molecule has 1 nitrogen and oxygen atoms in total. The summed E-state index contributed by atoms with van der Waals surface area (Å²) in [6.45, 7) is 0. The third-order valence-electron chi connectivity index (χ3n) is 7.28. The van der Waals surface area contributed by atoms with Gasteiger partial charge in [-0.1, -0.05) is 49.1 Å². The molecule has 0 saturated heterocycles. The summed E-state index contributed by atoms with van der Waals surface area (Å²) in [6, 6.07) is 6.94. The second kappa shape index (κ2) is 5.06. The summed E-state index contributed by atoms with van der Waals surface area (Å²) in [5.74, 6) is 1.89. The van der Waals surface area contributed by atoms with Crippen LogP contribution < -0.4 is 0 Å². The van der Waals surface area contributed by atoms with Crippen molar-refractivity contribution in [2.45, 2.75) is 75.5 Å². The normalized spacial score (nSPS) is 33.1. The van der Waals surface area contributed by atoms with Gasteiger partial charge in [0.15, 0.2) is 5.78 Å². The number of hydrogen-bond donors (Lipinski definition) is 0. The zero-order valence-electron chi connectivity index (χ0n) is 13.9. The van der Waals surface area contributed by atoms with Gasteiger partial charge in [-0.05, 0) is 61.5 Å². The molecular weight excluding hydrogens is 280 g/mol. The van der Waals surface area contributed by atoms with Crippen LogP contribution in [0.25, 0.3) is 0 Å². The molecule has 0 aromatic heterocycles. The fourth-order valence-electron chi connectivity index (χ4n) is 6.03. The SMILES string of the molecule is O=C1CCC2(CC3=CCC2C3)c2cc(C3CCCCC3)ccc21. The summed E-state index contributed by atoms with van der Waals surface area (Å²) >= 11 is 0. The van der Waals surface area contributed by atoms with E-state index in [4.69, 9.17) is 0 Å². The average Bonchev–Trinajstić information content (AvgIpc) is 3.21. The summed E-state index contributed by atoms with van der Waals surface area (Å²) in [5, 5.41) is 0. The van der Waals surface area contributed by atoms with Gasteiger partial charge in [-0.25, -0.2) is 0 Å². The smallest absolute Gasteiger partial charge is 0.163 e. The predicted octanol–water partition coefficient (Wildman–Crippen LogP) is 5.69. The van der Waals surface area contributed by atoms with Crippen LogP contribution in [0.2, 0.25) is 0 Å². The van der Waals surface area contributed by atoms with Crippen molar-refractivity contribution < 1.29 is 4.79 Å². The highest BCUT2D eigenvalue weighted by atomic mass is 16.1. The van der Waals surface area contributed by atoms with Gasteiger partial charge < -0.3 is 0 Å². The number of ketones is 1. The lowest BCUT2D eigenvalue weighted by Crippen LogP contribution is -2.37. The highest BCUT2D eigenvalue weighted by molar-refractivity contribution is 5.99. The van der Waals surface area contributed by atoms with Crippen LogP contribution in [0.3, 0.4) is 0 Å². The van der Waals surface area contributed by atoms with Crippen molar-refractivity contribution >= 4 is 5.78 Å². The standard InChI is InChI=1S/C22H26O/c23-21-10-11-22(14-15-6-8-18(22)12-15)20-13-17(7-9-19(20)21)16-4-2-1-3-5-16/h6-7,9,13,16,18H,1-5,8,10-12,14H2. The number of carbonyl (C=O) groups excluding carboxylic acids is 1. The number of Topliss-reactive ketones (excluding diaryl/α,β-unsaturated/α-hetero) is 1. The number of allylic oxidation sites excluding steroid dienone is 2. The molecule has 1 aromatic carbocycles. The van der Waals surface area contributed by atoms with Gasteiger partial charge >= 0.3 is 0 Å². The van der Waals surface area contributed by atoms with E-state index in [1.807, 2.05) is 0 Å². The maximum absolute atomic E-state index is 12.5. The van der Waals surface area contributed by atoms with E-state index in [-0.39, 0.29) is 0 Å². The van der Waals surface area contributed by atoms with Crippen LogP contribution >= 0.6 is 0 Å². The number of fused-ring (bicyclic) bond motifs is 5. The predicted molar refractivity (Wildman–Crippen MR) is 92.9 cm³/mol. The molecule has 2 atom stereocenters. The van der Waals surface area contributed by atoms with E-state index in [0.29, 0.717) is 11.2 Å². The highest BCUT2D eigenvalue weighted by Crippen LogP contribution is 2.59. The van der Waals surface area contributed by atoms with Crippen molar-refractivity contribution in [3.8, 4) is 0 Å². The molecule has 1 aromatic rings. The molecule has 0 amide bonds. The minimum atomic E-state index is 0.304. The molecule has 0 radical (unpaired) electrons. The number of benzene rings is 1. The molecule has 2 bridgehead atoms. The van der Waals surface area contributed by atoms with E-state index in [1.165, 1.54) is 62.5 Å². The molecule has 0 aliphatic heterocycles. The monoisotopic (exact) mass is 306 g/mol. The van der Waals surface area contributed by atoms with Crippen molar-refractivity contribution in [1.29, 1.82) is 0 Å². The van der Waals surface area contributed by atoms with E-state index < -0.39 is 0 Å². The number of carbonyl (C=O) groups is 1. The van der Waals surface area contributed by atoms with Crippen molar-refractivity contribution in [3.63, 3.8) is 0 Å². The molecule has 2 saturated carbocycles. The topological polar surface area (TPSA) is 17.1 Å².